The summed E-state index contributed by atoms with van der Waals surface area (Å²) >= 11 is 3.31. The number of nitrogens with zero attached hydrogens (tertiary/aromatic N) is 6. The SMILES string of the molecule is CCc1noc(Cn2c(Br)nc3c(=O)n(C)c(=O)n(C)c32)n1. The van der Waals surface area contributed by atoms with Crippen molar-refractivity contribution in [3.05, 3.63) is 37.3 Å². The zero-order valence-corrected chi connectivity index (χ0v) is 13.8. The molecule has 0 saturated carbocycles. The molecule has 0 aliphatic heterocycles. The van der Waals surface area contributed by atoms with E-state index in [1.54, 1.807) is 11.6 Å². The highest BCUT2D eigenvalue weighted by Gasteiger charge is 2.19. The maximum atomic E-state index is 12.2. The lowest BCUT2D eigenvalue weighted by molar-refractivity contribution is 0.366. The average molecular weight is 369 g/mol. The minimum atomic E-state index is -0.447. The van der Waals surface area contributed by atoms with Gasteiger partial charge in [0.05, 0.1) is 0 Å². The van der Waals surface area contributed by atoms with Crippen molar-refractivity contribution in [3.8, 4) is 0 Å². The second-order valence-electron chi connectivity index (χ2n) is 4.80. The molecule has 0 unspecified atom stereocenters. The lowest BCUT2D eigenvalue weighted by Gasteiger charge is -2.07. The van der Waals surface area contributed by atoms with Crippen molar-refractivity contribution in [2.24, 2.45) is 14.1 Å². The van der Waals surface area contributed by atoms with E-state index in [4.69, 9.17) is 4.52 Å². The van der Waals surface area contributed by atoms with Crippen molar-refractivity contribution in [1.29, 1.82) is 0 Å². The number of halogens is 1. The van der Waals surface area contributed by atoms with E-state index >= 15 is 0 Å². The van der Waals surface area contributed by atoms with Gasteiger partial charge < -0.3 is 4.52 Å². The summed E-state index contributed by atoms with van der Waals surface area (Å²) in [4.78, 5) is 32.7. The average Bonchev–Trinajstić information content (AvgIpc) is 3.09. The Morgan fingerprint density at radius 2 is 1.91 bits per heavy atom. The molecule has 0 aliphatic rings. The molecule has 22 heavy (non-hydrogen) atoms. The van der Waals surface area contributed by atoms with E-state index in [-0.39, 0.29) is 12.1 Å². The van der Waals surface area contributed by atoms with Crippen LogP contribution in [-0.4, -0.2) is 28.8 Å². The topological polar surface area (TPSA) is 101 Å². The largest absolute Gasteiger partial charge is 0.337 e. The molecular weight excluding hydrogens is 356 g/mol. The molecule has 0 radical (unpaired) electrons. The van der Waals surface area contributed by atoms with E-state index in [0.29, 0.717) is 28.5 Å². The van der Waals surface area contributed by atoms with Crippen molar-refractivity contribution in [2.45, 2.75) is 19.9 Å². The fourth-order valence-electron chi connectivity index (χ4n) is 2.24. The molecule has 0 fully saturated rings. The highest BCUT2D eigenvalue weighted by Crippen LogP contribution is 2.18. The van der Waals surface area contributed by atoms with Gasteiger partial charge in [-0.1, -0.05) is 12.1 Å². The highest BCUT2D eigenvalue weighted by atomic mass is 79.9. The van der Waals surface area contributed by atoms with E-state index < -0.39 is 11.2 Å². The van der Waals surface area contributed by atoms with Crippen LogP contribution in [0.4, 0.5) is 0 Å². The van der Waals surface area contributed by atoms with E-state index in [1.165, 1.54) is 11.6 Å². The molecule has 9 nitrogen and oxygen atoms in total. The molecule has 3 aromatic rings. The molecule has 0 atom stereocenters. The van der Waals surface area contributed by atoms with Crippen molar-refractivity contribution in [3.63, 3.8) is 0 Å². The predicted molar refractivity (Wildman–Crippen MR) is 80.7 cm³/mol. The number of hydrogen-bond acceptors (Lipinski definition) is 6. The maximum Gasteiger partial charge on any atom is 0.332 e. The summed E-state index contributed by atoms with van der Waals surface area (Å²) in [5, 5.41) is 3.83. The van der Waals surface area contributed by atoms with Gasteiger partial charge in [-0.05, 0) is 15.9 Å². The van der Waals surface area contributed by atoms with Crippen LogP contribution in [-0.2, 0) is 27.1 Å². The van der Waals surface area contributed by atoms with Gasteiger partial charge >= 0.3 is 5.69 Å². The lowest BCUT2D eigenvalue weighted by atomic mass is 10.4. The summed E-state index contributed by atoms with van der Waals surface area (Å²) in [5.74, 6) is 0.977. The first-order chi connectivity index (χ1) is 10.4. The van der Waals surface area contributed by atoms with Gasteiger partial charge in [-0.15, -0.1) is 0 Å². The molecule has 3 aromatic heterocycles. The number of hydrogen-bond donors (Lipinski definition) is 0. The molecule has 3 heterocycles. The summed E-state index contributed by atoms with van der Waals surface area (Å²) in [7, 11) is 3.00. The van der Waals surface area contributed by atoms with Gasteiger partial charge in [-0.2, -0.15) is 4.98 Å². The zero-order valence-electron chi connectivity index (χ0n) is 12.2. The third kappa shape index (κ3) is 2.10. The van der Waals surface area contributed by atoms with Crippen LogP contribution in [0.15, 0.2) is 18.8 Å². The second-order valence-corrected chi connectivity index (χ2v) is 5.51. The zero-order chi connectivity index (χ0) is 16.0. The van der Waals surface area contributed by atoms with Crippen molar-refractivity contribution in [1.82, 2.24) is 28.8 Å². The van der Waals surface area contributed by atoms with Crippen molar-refractivity contribution in [2.75, 3.05) is 0 Å². The van der Waals surface area contributed by atoms with Crippen LogP contribution in [0.1, 0.15) is 18.6 Å². The van der Waals surface area contributed by atoms with Crippen LogP contribution in [0.3, 0.4) is 0 Å². The first kappa shape index (κ1) is 14.7. The molecule has 0 aromatic carbocycles. The van der Waals surface area contributed by atoms with Crippen LogP contribution < -0.4 is 11.2 Å². The molecule has 0 amide bonds. The quantitative estimate of drug-likeness (QED) is 0.611. The van der Waals surface area contributed by atoms with E-state index in [2.05, 4.69) is 31.1 Å². The van der Waals surface area contributed by atoms with Crippen LogP contribution >= 0.6 is 15.9 Å². The Morgan fingerprint density at radius 3 is 2.55 bits per heavy atom. The summed E-state index contributed by atoms with van der Waals surface area (Å²) in [6.07, 6.45) is 0.661. The Morgan fingerprint density at radius 1 is 1.18 bits per heavy atom. The fraction of sp³-hybridized carbons (Fsp3) is 0.417. The molecule has 0 saturated heterocycles. The summed E-state index contributed by atoms with van der Waals surface area (Å²) in [6, 6.07) is 0. The van der Waals surface area contributed by atoms with Gasteiger partial charge in [0.1, 0.15) is 6.54 Å². The molecule has 3 rings (SSSR count). The second kappa shape index (κ2) is 5.20. The third-order valence-electron chi connectivity index (χ3n) is 3.41. The van der Waals surface area contributed by atoms with Crippen molar-refractivity contribution < 1.29 is 4.52 Å². The maximum absolute atomic E-state index is 12.2. The summed E-state index contributed by atoms with van der Waals surface area (Å²) in [5.41, 5.74) is -0.272. The minimum Gasteiger partial charge on any atom is -0.337 e. The Hall–Kier alpha value is -2.23. The number of fused-ring (bicyclic) bond motifs is 1. The molecule has 0 spiro atoms. The van der Waals surface area contributed by atoms with Crippen LogP contribution in [0.25, 0.3) is 11.2 Å². The summed E-state index contributed by atoms with van der Waals surface area (Å²) < 4.78 is 9.60. The van der Waals surface area contributed by atoms with E-state index in [9.17, 15) is 9.59 Å². The fourth-order valence-corrected chi connectivity index (χ4v) is 2.71. The molecule has 116 valence electrons. The van der Waals surface area contributed by atoms with Crippen LogP contribution in [0, 0.1) is 0 Å². The molecule has 10 heteroatoms. The monoisotopic (exact) mass is 368 g/mol. The van der Waals surface area contributed by atoms with Crippen LogP contribution in [0.5, 0.6) is 0 Å². The summed E-state index contributed by atoms with van der Waals surface area (Å²) in [6.45, 7) is 2.13. The number of aryl methyl sites for hydroxylation is 2. The van der Waals surface area contributed by atoms with Crippen molar-refractivity contribution >= 4 is 27.1 Å². The third-order valence-corrected chi connectivity index (χ3v) is 4.02. The molecule has 0 aliphatic carbocycles. The van der Waals surface area contributed by atoms with Gasteiger partial charge in [0.15, 0.2) is 21.7 Å². The van der Waals surface area contributed by atoms with Gasteiger partial charge in [-0.3, -0.25) is 18.5 Å². The Kier molecular flexibility index (Phi) is 3.47. The first-order valence-corrected chi connectivity index (χ1v) is 7.36. The van der Waals surface area contributed by atoms with Gasteiger partial charge in [0.25, 0.3) is 5.56 Å². The standard InChI is InChI=1S/C12H13BrN6O3/c1-4-6-14-7(22-16-6)5-19-9-8(15-11(19)13)10(20)18(3)12(21)17(9)2/h4-5H2,1-3H3. The Balaban J connectivity index is 2.24. The smallest absolute Gasteiger partial charge is 0.332 e. The Labute approximate surface area is 132 Å². The first-order valence-electron chi connectivity index (χ1n) is 6.57. The number of imidazole rings is 1. The van der Waals surface area contributed by atoms with Gasteiger partial charge in [0, 0.05) is 20.5 Å². The molecule has 0 N–H and O–H groups in total. The molecule has 0 bridgehead atoms. The Bertz CT molecular complexity index is 979. The van der Waals surface area contributed by atoms with Crippen LogP contribution in [0.2, 0.25) is 0 Å². The normalized spacial score (nSPS) is 11.5. The number of aromatic nitrogens is 6. The van der Waals surface area contributed by atoms with E-state index in [1.807, 2.05) is 6.92 Å². The van der Waals surface area contributed by atoms with E-state index in [0.717, 1.165) is 4.57 Å². The molecular formula is C12H13BrN6O3. The predicted octanol–water partition coefficient (Wildman–Crippen LogP) is 0.190. The van der Waals surface area contributed by atoms with Gasteiger partial charge in [-0.25, -0.2) is 9.78 Å². The lowest BCUT2D eigenvalue weighted by Crippen LogP contribution is -2.37. The van der Waals surface area contributed by atoms with Gasteiger partial charge in [0.2, 0.25) is 5.89 Å². The minimum absolute atomic E-state index is 0.201. The number of rotatable bonds is 3. The highest BCUT2D eigenvalue weighted by molar-refractivity contribution is 9.10.